The van der Waals surface area contributed by atoms with Crippen molar-refractivity contribution >= 4 is 13.4 Å². The van der Waals surface area contributed by atoms with E-state index in [0.29, 0.717) is 19.0 Å². The Hall–Kier alpha value is -0.845. The van der Waals surface area contributed by atoms with Crippen molar-refractivity contribution in [3.8, 4) is 0 Å². The minimum atomic E-state index is -0.911. The lowest BCUT2D eigenvalue weighted by molar-refractivity contribution is -0.0907. The molecule has 1 aliphatic heterocycles. The molecule has 1 rings (SSSR count). The van der Waals surface area contributed by atoms with Crippen LogP contribution in [0.3, 0.4) is 0 Å². The molecule has 0 fully saturated rings. The molecule has 0 spiro atoms. The van der Waals surface area contributed by atoms with Gasteiger partial charge in [0.15, 0.2) is 0 Å². The summed E-state index contributed by atoms with van der Waals surface area (Å²) >= 11 is 0. The third-order valence-corrected chi connectivity index (χ3v) is 3.95. The van der Waals surface area contributed by atoms with Crippen LogP contribution in [0, 0.1) is 0 Å². The van der Waals surface area contributed by atoms with Crippen LogP contribution < -0.4 is 0 Å². The number of aliphatic hydroxyl groups is 1. The van der Waals surface area contributed by atoms with Gasteiger partial charge in [0.05, 0.1) is 17.8 Å². The number of aliphatic imine (C=N–C) groups is 1. The summed E-state index contributed by atoms with van der Waals surface area (Å²) in [6.07, 6.45) is 4.90. The summed E-state index contributed by atoms with van der Waals surface area (Å²) in [7, 11) is 5.85. The second-order valence-corrected chi connectivity index (χ2v) is 7.03. The fourth-order valence-electron chi connectivity index (χ4n) is 1.66. The van der Waals surface area contributed by atoms with Crippen LogP contribution in [-0.4, -0.2) is 68.4 Å². The lowest BCUT2D eigenvalue weighted by atomic mass is 9.76. The molecule has 1 atom stereocenters. The molecular weight excluding hydrogens is 279 g/mol. The molecule has 0 saturated carbocycles. The Morgan fingerprint density at radius 1 is 1.36 bits per heavy atom. The van der Waals surface area contributed by atoms with Gasteiger partial charge < -0.3 is 19.4 Å². The Morgan fingerprint density at radius 2 is 2.05 bits per heavy atom. The smallest absolute Gasteiger partial charge is 0.302 e. The molecule has 0 aliphatic carbocycles. The second-order valence-electron chi connectivity index (χ2n) is 7.03. The highest BCUT2D eigenvalue weighted by molar-refractivity contribution is 6.31. The minimum absolute atomic E-state index is 0.107. The number of nitrogens with zero attached hydrogens (tertiary/aromatic N) is 2. The maximum atomic E-state index is 10.1. The topological polar surface area (TPSA) is 54.3 Å². The zero-order valence-corrected chi connectivity index (χ0v) is 14.8. The van der Waals surface area contributed by atoms with Crippen molar-refractivity contribution < 1.29 is 14.5 Å². The highest BCUT2D eigenvalue weighted by Gasteiger charge is 2.36. The number of dihydropyridines is 1. The van der Waals surface area contributed by atoms with Crippen LogP contribution in [0.4, 0.5) is 0 Å². The third kappa shape index (κ3) is 6.50. The maximum absolute atomic E-state index is 10.1. The molecule has 0 aromatic carbocycles. The number of hydrogen-bond donors (Lipinski definition) is 1. The summed E-state index contributed by atoms with van der Waals surface area (Å²) in [5, 5.41) is 10.1. The Morgan fingerprint density at radius 3 is 2.55 bits per heavy atom. The van der Waals surface area contributed by atoms with Crippen LogP contribution in [0.15, 0.2) is 17.1 Å². The zero-order chi connectivity index (χ0) is 16.8. The first kappa shape index (κ1) is 19.2. The standard InChI is InChI=1S/C16H30BN2O3/c1-15(2,20)16(3,4)22-17-13-8-9-14(18-12-13)21-11-7-10-19(5)6/h8-9,13,20H,7,10-12H2,1-6H3. The van der Waals surface area contributed by atoms with Gasteiger partial charge in [0.1, 0.15) is 0 Å². The Balaban J connectivity index is 2.29. The zero-order valence-electron chi connectivity index (χ0n) is 14.8. The third-order valence-electron chi connectivity index (χ3n) is 3.95. The fourth-order valence-corrected chi connectivity index (χ4v) is 1.66. The molecule has 0 amide bonds. The quantitative estimate of drug-likeness (QED) is 0.549. The van der Waals surface area contributed by atoms with E-state index in [1.165, 1.54) is 0 Å². The van der Waals surface area contributed by atoms with Crippen LogP contribution >= 0.6 is 0 Å². The highest BCUT2D eigenvalue weighted by Crippen LogP contribution is 2.26. The van der Waals surface area contributed by atoms with E-state index in [-0.39, 0.29) is 5.82 Å². The summed E-state index contributed by atoms with van der Waals surface area (Å²) in [4.78, 5) is 6.54. The number of ether oxygens (including phenoxy) is 1. The number of rotatable bonds is 8. The first-order valence-corrected chi connectivity index (χ1v) is 7.85. The Labute approximate surface area is 135 Å². The average molecular weight is 309 g/mol. The van der Waals surface area contributed by atoms with Gasteiger partial charge in [-0.2, -0.15) is 0 Å². The van der Waals surface area contributed by atoms with Crippen molar-refractivity contribution in [3.63, 3.8) is 0 Å². The van der Waals surface area contributed by atoms with Crippen LogP contribution in [0.1, 0.15) is 34.1 Å². The van der Waals surface area contributed by atoms with Gasteiger partial charge in [-0.15, -0.1) is 0 Å². The van der Waals surface area contributed by atoms with Crippen molar-refractivity contribution in [2.45, 2.75) is 51.1 Å². The molecule has 5 nitrogen and oxygen atoms in total. The van der Waals surface area contributed by atoms with E-state index in [1.807, 2.05) is 40.1 Å². The molecule has 6 heteroatoms. The summed E-state index contributed by atoms with van der Waals surface area (Å²) in [6, 6.07) is 0. The van der Waals surface area contributed by atoms with Gasteiger partial charge in [-0.3, -0.25) is 4.99 Å². The molecular formula is C16H30BN2O3. The predicted molar refractivity (Wildman–Crippen MR) is 91.5 cm³/mol. The van der Waals surface area contributed by atoms with Crippen LogP contribution in [-0.2, 0) is 9.39 Å². The molecule has 0 saturated heterocycles. The molecule has 1 heterocycles. The second kappa shape index (κ2) is 8.13. The average Bonchev–Trinajstić information content (AvgIpc) is 2.41. The summed E-state index contributed by atoms with van der Waals surface area (Å²) in [5.41, 5.74) is -1.56. The molecule has 125 valence electrons. The van der Waals surface area contributed by atoms with Crippen molar-refractivity contribution in [1.29, 1.82) is 0 Å². The van der Waals surface area contributed by atoms with E-state index < -0.39 is 11.2 Å². The van der Waals surface area contributed by atoms with Crippen LogP contribution in [0.5, 0.6) is 0 Å². The molecule has 22 heavy (non-hydrogen) atoms. The lowest BCUT2D eigenvalue weighted by Crippen LogP contribution is -2.48. The summed E-state index contributed by atoms with van der Waals surface area (Å²) < 4.78 is 11.4. The Kier molecular flexibility index (Phi) is 7.10. The maximum Gasteiger partial charge on any atom is 0.302 e. The lowest BCUT2D eigenvalue weighted by Gasteiger charge is -2.38. The normalized spacial score (nSPS) is 19.3. The fraction of sp³-hybridized carbons (Fsp3) is 0.812. The van der Waals surface area contributed by atoms with Gasteiger partial charge in [-0.1, -0.05) is 6.08 Å². The van der Waals surface area contributed by atoms with Gasteiger partial charge >= 0.3 is 7.48 Å². The van der Waals surface area contributed by atoms with E-state index in [0.717, 1.165) is 13.0 Å². The van der Waals surface area contributed by atoms with Crippen LogP contribution in [0.2, 0.25) is 5.82 Å². The largest absolute Gasteiger partial charge is 0.478 e. The molecule has 0 aromatic heterocycles. The Bertz CT molecular complexity index is 401. The van der Waals surface area contributed by atoms with Gasteiger partial charge in [0.2, 0.25) is 5.90 Å². The predicted octanol–water partition coefficient (Wildman–Crippen LogP) is 1.90. The van der Waals surface area contributed by atoms with E-state index in [2.05, 4.69) is 9.89 Å². The van der Waals surface area contributed by atoms with Crippen molar-refractivity contribution in [1.82, 2.24) is 4.90 Å². The van der Waals surface area contributed by atoms with Gasteiger partial charge in [-0.25, -0.2) is 0 Å². The highest BCUT2D eigenvalue weighted by atomic mass is 16.5. The van der Waals surface area contributed by atoms with E-state index >= 15 is 0 Å². The molecule has 0 bridgehead atoms. The van der Waals surface area contributed by atoms with E-state index in [4.69, 9.17) is 9.39 Å². The van der Waals surface area contributed by atoms with Crippen molar-refractivity contribution in [2.24, 2.45) is 4.99 Å². The SMILES string of the molecule is CN(C)CCCOC1=NCC([B]OC(C)(C)C(C)(C)O)C=C1. The molecule has 1 aliphatic rings. The molecule has 0 aromatic rings. The van der Waals surface area contributed by atoms with Gasteiger partial charge in [0, 0.05) is 13.1 Å². The van der Waals surface area contributed by atoms with E-state index in [1.54, 1.807) is 21.3 Å². The van der Waals surface area contributed by atoms with Gasteiger partial charge in [-0.05, 0) is 60.1 Å². The first-order chi connectivity index (χ1) is 10.1. The summed E-state index contributed by atoms with van der Waals surface area (Å²) in [5.74, 6) is 0.793. The molecule has 1 unspecified atom stereocenters. The number of hydrogen-bond acceptors (Lipinski definition) is 5. The first-order valence-electron chi connectivity index (χ1n) is 7.85. The van der Waals surface area contributed by atoms with Crippen LogP contribution in [0.25, 0.3) is 0 Å². The minimum Gasteiger partial charge on any atom is -0.478 e. The van der Waals surface area contributed by atoms with Crippen molar-refractivity contribution in [2.75, 3.05) is 33.8 Å². The van der Waals surface area contributed by atoms with Crippen molar-refractivity contribution in [3.05, 3.63) is 12.2 Å². The summed E-state index contributed by atoms with van der Waals surface area (Å²) in [6.45, 7) is 9.54. The monoisotopic (exact) mass is 309 g/mol. The van der Waals surface area contributed by atoms with Gasteiger partial charge in [0.25, 0.3) is 0 Å². The van der Waals surface area contributed by atoms with E-state index in [9.17, 15) is 5.11 Å². The molecule has 1 N–H and O–H groups in total. The molecule has 1 radical (unpaired) electrons.